The third-order valence-electron chi connectivity index (χ3n) is 8.86. The molecule has 3 aliphatic heterocycles. The van der Waals surface area contributed by atoms with Gasteiger partial charge in [0.15, 0.2) is 0 Å². The number of rotatable bonds is 7. The van der Waals surface area contributed by atoms with Crippen LogP contribution in [-0.4, -0.2) is 61.9 Å². The van der Waals surface area contributed by atoms with Gasteiger partial charge in [0, 0.05) is 78.8 Å². The minimum absolute atomic E-state index is 0.116. The molecule has 7 rings (SSSR count). The van der Waals surface area contributed by atoms with Crippen molar-refractivity contribution in [2.24, 2.45) is 0 Å². The molecule has 1 aromatic heterocycles. The number of fused-ring (bicyclic) bond motifs is 2. The third kappa shape index (κ3) is 6.30. The minimum atomic E-state index is -0.116. The van der Waals surface area contributed by atoms with Crippen molar-refractivity contribution in [3.63, 3.8) is 0 Å². The number of halogens is 1. The average molecular weight is 597 g/mol. The van der Waals surface area contributed by atoms with Crippen LogP contribution in [-0.2, 0) is 17.6 Å². The predicted molar refractivity (Wildman–Crippen MR) is 173 cm³/mol. The van der Waals surface area contributed by atoms with E-state index in [1.165, 1.54) is 11.1 Å². The van der Waals surface area contributed by atoms with Gasteiger partial charge in [0.2, 0.25) is 5.56 Å². The number of ether oxygens (including phenoxy) is 2. The van der Waals surface area contributed by atoms with Crippen molar-refractivity contribution in [1.82, 2.24) is 9.88 Å². The summed E-state index contributed by atoms with van der Waals surface area (Å²) >= 11 is 6.35. The monoisotopic (exact) mass is 596 g/mol. The molecule has 3 aromatic carbocycles. The van der Waals surface area contributed by atoms with E-state index >= 15 is 0 Å². The Hall–Kier alpha value is -3.78. The van der Waals surface area contributed by atoms with Crippen LogP contribution in [0.15, 0.2) is 77.6 Å². The van der Waals surface area contributed by atoms with Gasteiger partial charge in [0.25, 0.3) is 0 Å². The van der Waals surface area contributed by atoms with Crippen LogP contribution >= 0.6 is 11.6 Å². The predicted octanol–water partition coefficient (Wildman–Crippen LogP) is 6.35. The van der Waals surface area contributed by atoms with Gasteiger partial charge >= 0.3 is 0 Å². The number of anilines is 2. The second-order valence-electron chi connectivity index (χ2n) is 11.7. The molecular formula is C35H37ClN4O3. The first-order valence-electron chi connectivity index (χ1n) is 15.3. The highest BCUT2D eigenvalue weighted by Crippen LogP contribution is 2.43. The van der Waals surface area contributed by atoms with E-state index in [1.807, 2.05) is 24.3 Å². The van der Waals surface area contributed by atoms with Gasteiger partial charge in [-0.25, -0.2) is 0 Å². The Morgan fingerprint density at radius 1 is 0.907 bits per heavy atom. The highest BCUT2D eigenvalue weighted by molar-refractivity contribution is 6.31. The number of hydrogen-bond acceptors (Lipinski definition) is 6. The van der Waals surface area contributed by atoms with Gasteiger partial charge in [-0.3, -0.25) is 4.79 Å². The maximum absolute atomic E-state index is 12.6. The Labute approximate surface area is 257 Å². The first-order chi connectivity index (χ1) is 21.1. The van der Waals surface area contributed by atoms with Gasteiger partial charge in [0.05, 0.1) is 18.9 Å². The normalized spacial score (nSPS) is 17.2. The van der Waals surface area contributed by atoms with Crippen molar-refractivity contribution in [2.75, 3.05) is 56.2 Å². The van der Waals surface area contributed by atoms with Crippen LogP contribution in [0.3, 0.4) is 0 Å². The Balaban J connectivity index is 1.01. The average Bonchev–Trinajstić information content (AvgIpc) is 3.04. The second-order valence-corrected chi connectivity index (χ2v) is 12.1. The molecule has 0 spiro atoms. The first-order valence-corrected chi connectivity index (χ1v) is 15.7. The number of H-pyrrole nitrogens is 1. The summed E-state index contributed by atoms with van der Waals surface area (Å²) in [6, 6.07) is 24.9. The maximum Gasteiger partial charge on any atom is 0.250 e. The molecule has 0 atom stereocenters. The summed E-state index contributed by atoms with van der Waals surface area (Å²) < 4.78 is 12.0. The summed E-state index contributed by atoms with van der Waals surface area (Å²) in [5.74, 6) is 1.68. The fourth-order valence-electron chi connectivity index (χ4n) is 6.47. The summed E-state index contributed by atoms with van der Waals surface area (Å²) in [7, 11) is 0. The second kappa shape index (κ2) is 12.4. The Morgan fingerprint density at radius 3 is 2.58 bits per heavy atom. The molecular weight excluding hydrogens is 560 g/mol. The van der Waals surface area contributed by atoms with Crippen molar-refractivity contribution < 1.29 is 9.47 Å². The largest absolute Gasteiger partial charge is 0.456 e. The van der Waals surface area contributed by atoms with Gasteiger partial charge in [-0.1, -0.05) is 41.9 Å². The number of pyridine rings is 1. The zero-order chi connectivity index (χ0) is 29.2. The van der Waals surface area contributed by atoms with E-state index in [1.54, 1.807) is 6.07 Å². The zero-order valence-electron chi connectivity index (χ0n) is 24.3. The summed E-state index contributed by atoms with van der Waals surface area (Å²) in [6.45, 7) is 6.10. The summed E-state index contributed by atoms with van der Waals surface area (Å²) in [5, 5.41) is 4.65. The number of aromatic nitrogens is 1. The number of aromatic amines is 1. The molecule has 2 fully saturated rings. The summed E-state index contributed by atoms with van der Waals surface area (Å²) in [4.78, 5) is 20.4. The molecule has 0 amide bonds. The molecule has 222 valence electrons. The third-order valence-corrected chi connectivity index (χ3v) is 9.23. The smallest absolute Gasteiger partial charge is 0.250 e. The van der Waals surface area contributed by atoms with Crippen LogP contribution < -0.4 is 20.5 Å². The fraction of sp³-hybridized carbons (Fsp3) is 0.343. The topological polar surface area (TPSA) is 69.8 Å². The van der Waals surface area contributed by atoms with Gasteiger partial charge in [0.1, 0.15) is 11.5 Å². The van der Waals surface area contributed by atoms with Crippen molar-refractivity contribution in [2.45, 2.75) is 31.7 Å². The lowest BCUT2D eigenvalue weighted by Gasteiger charge is -2.33. The lowest BCUT2D eigenvalue weighted by Crippen LogP contribution is -2.40. The minimum Gasteiger partial charge on any atom is -0.456 e. The molecule has 0 radical (unpaired) electrons. The lowest BCUT2D eigenvalue weighted by molar-refractivity contribution is 0.122. The van der Waals surface area contributed by atoms with Crippen molar-refractivity contribution >= 4 is 23.0 Å². The van der Waals surface area contributed by atoms with Crippen molar-refractivity contribution in [3.05, 3.63) is 105 Å². The van der Waals surface area contributed by atoms with E-state index in [9.17, 15) is 4.79 Å². The molecule has 0 aliphatic carbocycles. The van der Waals surface area contributed by atoms with Gasteiger partial charge < -0.3 is 29.6 Å². The van der Waals surface area contributed by atoms with Crippen LogP contribution in [0.4, 0.5) is 11.4 Å². The van der Waals surface area contributed by atoms with Crippen LogP contribution in [0, 0.1) is 0 Å². The lowest BCUT2D eigenvalue weighted by atomic mass is 9.95. The Bertz CT molecular complexity index is 1660. The maximum atomic E-state index is 12.6. The number of nitrogens with zero attached hydrogens (tertiary/aromatic N) is 2. The standard InChI is InChI=1S/C35H37ClN4O3/c36-31-7-2-1-4-24(31)10-13-39-14-11-27(12-15-39)37-28-8-9-33-26(21-28)20-25-5-3-6-30(35(25)43-33)32-22-29(23-34(41)38-32)40-16-18-42-19-17-40/h1-9,21-23,27,37H,10-20H2,(H,38,41). The van der Waals surface area contributed by atoms with Gasteiger partial charge in [-0.05, 0) is 66.8 Å². The molecule has 7 nitrogen and oxygen atoms in total. The van der Waals surface area contributed by atoms with Gasteiger partial charge in [-0.2, -0.15) is 0 Å². The van der Waals surface area contributed by atoms with E-state index < -0.39 is 0 Å². The van der Waals surface area contributed by atoms with Crippen LogP contribution in [0.1, 0.15) is 29.5 Å². The van der Waals surface area contributed by atoms with E-state index in [2.05, 4.69) is 62.6 Å². The number of nitrogens with one attached hydrogen (secondary N) is 2. The molecule has 2 N–H and O–H groups in total. The van der Waals surface area contributed by atoms with E-state index in [-0.39, 0.29) is 5.56 Å². The number of likely N-dealkylation sites (tertiary alicyclic amines) is 1. The zero-order valence-corrected chi connectivity index (χ0v) is 25.0. The molecule has 2 saturated heterocycles. The van der Waals surface area contributed by atoms with E-state index in [0.29, 0.717) is 19.3 Å². The molecule has 4 heterocycles. The SMILES string of the molecule is O=c1cc(N2CCOCC2)cc(-c2cccc3c2Oc2ccc(NC4CCN(CCc5ccccc5Cl)CC4)cc2C3)[nH]1. The number of morpholine rings is 1. The molecule has 8 heteroatoms. The van der Waals surface area contributed by atoms with E-state index in [0.717, 1.165) is 103 Å². The summed E-state index contributed by atoms with van der Waals surface area (Å²) in [5.41, 5.74) is 7.12. The quantitative estimate of drug-likeness (QED) is 0.228. The molecule has 0 bridgehead atoms. The van der Waals surface area contributed by atoms with Gasteiger partial charge in [-0.15, -0.1) is 0 Å². The molecule has 4 aromatic rings. The molecule has 3 aliphatic rings. The Kier molecular flexibility index (Phi) is 8.11. The molecule has 43 heavy (non-hydrogen) atoms. The fourth-order valence-corrected chi connectivity index (χ4v) is 6.70. The van der Waals surface area contributed by atoms with E-state index in [4.69, 9.17) is 21.1 Å². The number of hydrogen-bond donors (Lipinski definition) is 2. The number of para-hydroxylation sites is 1. The highest BCUT2D eigenvalue weighted by Gasteiger charge is 2.24. The van der Waals surface area contributed by atoms with Crippen LogP contribution in [0.5, 0.6) is 11.5 Å². The van der Waals surface area contributed by atoms with Crippen molar-refractivity contribution in [1.29, 1.82) is 0 Å². The number of piperidine rings is 1. The van der Waals surface area contributed by atoms with Crippen molar-refractivity contribution in [3.8, 4) is 22.8 Å². The number of benzene rings is 3. The molecule has 0 unspecified atom stereocenters. The van der Waals surface area contributed by atoms with Crippen LogP contribution in [0.2, 0.25) is 5.02 Å². The Morgan fingerprint density at radius 2 is 1.74 bits per heavy atom. The van der Waals surface area contributed by atoms with Crippen LogP contribution in [0.25, 0.3) is 11.3 Å². The summed E-state index contributed by atoms with van der Waals surface area (Å²) in [6.07, 6.45) is 4.00. The highest BCUT2D eigenvalue weighted by atomic mass is 35.5. The first kappa shape index (κ1) is 28.0. The molecule has 0 saturated carbocycles.